The largest absolute Gasteiger partial charge is 0.497 e. The minimum atomic E-state index is -3.89. The quantitative estimate of drug-likeness (QED) is 0.479. The highest BCUT2D eigenvalue weighted by Gasteiger charge is 2.26. The van der Waals surface area contributed by atoms with E-state index in [9.17, 15) is 13.2 Å². The maximum absolute atomic E-state index is 13.6. The van der Waals surface area contributed by atoms with Gasteiger partial charge in [0.1, 0.15) is 11.5 Å². The Balaban J connectivity index is 2.13. The van der Waals surface area contributed by atoms with Crippen molar-refractivity contribution in [2.75, 3.05) is 18.5 Å². The minimum absolute atomic E-state index is 0.00711. The van der Waals surface area contributed by atoms with Gasteiger partial charge in [0.05, 0.1) is 31.3 Å². The van der Waals surface area contributed by atoms with E-state index in [0.29, 0.717) is 28.3 Å². The molecular weight excluding hydrogens is 414 g/mol. The van der Waals surface area contributed by atoms with E-state index in [4.69, 9.17) is 9.47 Å². The summed E-state index contributed by atoms with van der Waals surface area (Å²) in [5.74, 6) is 1.01. The second-order valence-electron chi connectivity index (χ2n) is 7.11. The molecule has 0 saturated carbocycles. The Morgan fingerprint density at radius 3 is 2.10 bits per heavy atom. The van der Waals surface area contributed by atoms with Crippen LogP contribution in [0.1, 0.15) is 28.4 Å². The first kappa shape index (κ1) is 22.4. The minimum Gasteiger partial charge on any atom is -0.497 e. The number of rotatable bonds is 8. The van der Waals surface area contributed by atoms with E-state index in [0.717, 1.165) is 5.56 Å². The van der Waals surface area contributed by atoms with E-state index in [1.54, 1.807) is 73.8 Å². The third-order valence-electron chi connectivity index (χ3n) is 4.97. The third kappa shape index (κ3) is 4.88. The predicted molar refractivity (Wildman–Crippen MR) is 121 cm³/mol. The summed E-state index contributed by atoms with van der Waals surface area (Å²) in [6.07, 6.45) is 0. The van der Waals surface area contributed by atoms with Crippen LogP contribution in [-0.2, 0) is 16.6 Å². The summed E-state index contributed by atoms with van der Waals surface area (Å²) in [6.45, 7) is 3.36. The molecule has 0 bridgehead atoms. The first-order valence-corrected chi connectivity index (χ1v) is 11.1. The highest BCUT2D eigenvalue weighted by Crippen LogP contribution is 2.31. The number of Topliss-reactive ketones (excluding diaryl/α,β-unsaturated/α-hetero) is 1. The topological polar surface area (TPSA) is 72.9 Å². The van der Waals surface area contributed by atoms with Crippen molar-refractivity contribution in [3.8, 4) is 11.5 Å². The zero-order chi connectivity index (χ0) is 22.6. The van der Waals surface area contributed by atoms with Gasteiger partial charge in [-0.25, -0.2) is 8.42 Å². The standard InChI is InChI=1S/C24H25NO5S/c1-17-5-12-23(13-6-17)31(27,28)25(21-8-10-22(29-3)11-9-21)16-20-15-19(18(2)26)7-14-24(20)30-4/h5-15H,16H2,1-4H3. The Hall–Kier alpha value is -3.32. The van der Waals surface area contributed by atoms with Gasteiger partial charge in [-0.05, 0) is 68.4 Å². The first-order valence-electron chi connectivity index (χ1n) is 9.67. The van der Waals surface area contributed by atoms with Crippen molar-refractivity contribution >= 4 is 21.5 Å². The van der Waals surface area contributed by atoms with E-state index in [1.165, 1.54) is 18.3 Å². The number of ketones is 1. The van der Waals surface area contributed by atoms with Crippen molar-refractivity contribution in [1.82, 2.24) is 0 Å². The van der Waals surface area contributed by atoms with Crippen LogP contribution >= 0.6 is 0 Å². The van der Waals surface area contributed by atoms with Crippen molar-refractivity contribution in [2.45, 2.75) is 25.3 Å². The van der Waals surface area contributed by atoms with Gasteiger partial charge in [-0.15, -0.1) is 0 Å². The molecular formula is C24H25NO5S. The summed E-state index contributed by atoms with van der Waals surface area (Å²) >= 11 is 0. The smallest absolute Gasteiger partial charge is 0.264 e. The third-order valence-corrected chi connectivity index (χ3v) is 6.76. The van der Waals surface area contributed by atoms with Crippen LogP contribution in [0.2, 0.25) is 0 Å². The van der Waals surface area contributed by atoms with E-state index in [2.05, 4.69) is 0 Å². The summed E-state index contributed by atoms with van der Waals surface area (Å²) in [7, 11) is -0.833. The van der Waals surface area contributed by atoms with Gasteiger partial charge in [-0.1, -0.05) is 17.7 Å². The molecule has 0 heterocycles. The van der Waals surface area contributed by atoms with Gasteiger partial charge >= 0.3 is 0 Å². The molecule has 0 radical (unpaired) electrons. The van der Waals surface area contributed by atoms with Crippen LogP contribution in [0.4, 0.5) is 5.69 Å². The van der Waals surface area contributed by atoms with Gasteiger partial charge in [0, 0.05) is 11.1 Å². The highest BCUT2D eigenvalue weighted by molar-refractivity contribution is 7.92. The Morgan fingerprint density at radius 2 is 1.55 bits per heavy atom. The van der Waals surface area contributed by atoms with Crippen LogP contribution in [0.3, 0.4) is 0 Å². The summed E-state index contributed by atoms with van der Waals surface area (Å²) in [5, 5.41) is 0. The van der Waals surface area contributed by atoms with E-state index in [-0.39, 0.29) is 17.2 Å². The van der Waals surface area contributed by atoms with Crippen LogP contribution in [0, 0.1) is 6.92 Å². The zero-order valence-corrected chi connectivity index (χ0v) is 18.8. The van der Waals surface area contributed by atoms with Crippen LogP contribution in [0.25, 0.3) is 0 Å². The molecule has 3 aromatic carbocycles. The molecule has 0 saturated heterocycles. The Kier molecular flexibility index (Phi) is 6.65. The SMILES string of the molecule is COc1ccc(N(Cc2cc(C(C)=O)ccc2OC)S(=O)(=O)c2ccc(C)cc2)cc1. The van der Waals surface area contributed by atoms with Crippen molar-refractivity contribution in [2.24, 2.45) is 0 Å². The number of nitrogens with zero attached hydrogens (tertiary/aromatic N) is 1. The number of hydrogen-bond donors (Lipinski definition) is 0. The molecule has 0 aliphatic rings. The number of methoxy groups -OCH3 is 2. The Labute approximate surface area is 183 Å². The average molecular weight is 440 g/mol. The second-order valence-corrected chi connectivity index (χ2v) is 8.97. The van der Waals surface area contributed by atoms with Crippen LogP contribution < -0.4 is 13.8 Å². The molecule has 0 amide bonds. The Morgan fingerprint density at radius 1 is 0.903 bits per heavy atom. The molecule has 0 fully saturated rings. The molecule has 0 N–H and O–H groups in total. The molecule has 0 spiro atoms. The summed E-state index contributed by atoms with van der Waals surface area (Å²) < 4.78 is 39.2. The number of carbonyl (C=O) groups is 1. The lowest BCUT2D eigenvalue weighted by molar-refractivity contribution is 0.101. The fourth-order valence-corrected chi connectivity index (χ4v) is 4.62. The van der Waals surface area contributed by atoms with E-state index in [1.807, 2.05) is 6.92 Å². The summed E-state index contributed by atoms with van der Waals surface area (Å²) in [5.41, 5.74) is 2.50. The number of anilines is 1. The zero-order valence-electron chi connectivity index (χ0n) is 18.0. The van der Waals surface area contributed by atoms with E-state index >= 15 is 0 Å². The van der Waals surface area contributed by atoms with Gasteiger partial charge in [0.25, 0.3) is 10.0 Å². The molecule has 0 atom stereocenters. The highest BCUT2D eigenvalue weighted by atomic mass is 32.2. The lowest BCUT2D eigenvalue weighted by Crippen LogP contribution is -2.30. The molecule has 3 aromatic rings. The molecule has 0 unspecified atom stereocenters. The lowest BCUT2D eigenvalue weighted by atomic mass is 10.1. The van der Waals surface area contributed by atoms with Crippen LogP contribution in [0.15, 0.2) is 71.6 Å². The molecule has 7 heteroatoms. The van der Waals surface area contributed by atoms with Crippen molar-refractivity contribution in [3.05, 3.63) is 83.4 Å². The lowest BCUT2D eigenvalue weighted by Gasteiger charge is -2.26. The fourth-order valence-electron chi connectivity index (χ4n) is 3.18. The number of aryl methyl sites for hydroxylation is 1. The number of ether oxygens (including phenoxy) is 2. The molecule has 6 nitrogen and oxygen atoms in total. The first-order chi connectivity index (χ1) is 14.8. The summed E-state index contributed by atoms with van der Waals surface area (Å²) in [4.78, 5) is 12.1. The fraction of sp³-hybridized carbons (Fsp3) is 0.208. The van der Waals surface area contributed by atoms with Crippen LogP contribution in [0.5, 0.6) is 11.5 Å². The number of carbonyl (C=O) groups excluding carboxylic acids is 1. The molecule has 162 valence electrons. The summed E-state index contributed by atoms with van der Waals surface area (Å²) in [6, 6.07) is 18.5. The molecule has 0 aliphatic heterocycles. The number of benzene rings is 3. The van der Waals surface area contributed by atoms with Gasteiger partial charge in [0.15, 0.2) is 5.78 Å². The van der Waals surface area contributed by atoms with Gasteiger partial charge < -0.3 is 9.47 Å². The van der Waals surface area contributed by atoms with Crippen molar-refractivity contribution < 1.29 is 22.7 Å². The molecule has 0 aromatic heterocycles. The van der Waals surface area contributed by atoms with Gasteiger partial charge in [-0.2, -0.15) is 0 Å². The van der Waals surface area contributed by atoms with Crippen LogP contribution in [-0.4, -0.2) is 28.4 Å². The van der Waals surface area contributed by atoms with Crippen molar-refractivity contribution in [1.29, 1.82) is 0 Å². The van der Waals surface area contributed by atoms with Gasteiger partial charge in [0.2, 0.25) is 0 Å². The number of hydrogen-bond acceptors (Lipinski definition) is 5. The van der Waals surface area contributed by atoms with Crippen molar-refractivity contribution in [3.63, 3.8) is 0 Å². The average Bonchev–Trinajstić information content (AvgIpc) is 2.77. The normalized spacial score (nSPS) is 11.1. The monoisotopic (exact) mass is 439 g/mol. The molecule has 31 heavy (non-hydrogen) atoms. The maximum Gasteiger partial charge on any atom is 0.264 e. The maximum atomic E-state index is 13.6. The second kappa shape index (κ2) is 9.22. The predicted octanol–water partition coefficient (Wildman–Crippen LogP) is 4.61. The number of sulfonamides is 1. The molecule has 0 aliphatic carbocycles. The van der Waals surface area contributed by atoms with Gasteiger partial charge in [-0.3, -0.25) is 9.10 Å². The van der Waals surface area contributed by atoms with E-state index < -0.39 is 10.0 Å². The Bertz CT molecular complexity index is 1170. The molecule has 3 rings (SSSR count).